The molecule has 190 valence electrons. The van der Waals surface area contributed by atoms with Gasteiger partial charge in [0.05, 0.1) is 27.6 Å². The van der Waals surface area contributed by atoms with Gasteiger partial charge < -0.3 is 15.1 Å². The zero-order valence-corrected chi connectivity index (χ0v) is 22.1. The van der Waals surface area contributed by atoms with E-state index in [1.807, 2.05) is 33.8 Å². The minimum Gasteiger partial charge on any atom is -0.336 e. The monoisotopic (exact) mass is 523 g/mol. The molecular formula is C27H26BN7O2S. The molecule has 0 atom stereocenters. The molecule has 0 bridgehead atoms. The van der Waals surface area contributed by atoms with E-state index in [1.54, 1.807) is 18.5 Å². The fourth-order valence-electron chi connectivity index (χ4n) is 5.06. The van der Waals surface area contributed by atoms with Gasteiger partial charge in [0, 0.05) is 62.2 Å². The fraction of sp³-hybridized carbons (Fsp3) is 0.296. The maximum atomic E-state index is 13.2. The number of fused-ring (bicyclic) bond motifs is 3. The Morgan fingerprint density at radius 2 is 1.92 bits per heavy atom. The van der Waals surface area contributed by atoms with Crippen LogP contribution in [0.1, 0.15) is 28.5 Å². The summed E-state index contributed by atoms with van der Waals surface area (Å²) in [5, 5.41) is 8.40. The number of hydrogen-bond acceptors (Lipinski definition) is 7. The molecule has 1 aliphatic heterocycles. The third kappa shape index (κ3) is 4.41. The molecule has 0 spiro atoms. The van der Waals surface area contributed by atoms with Gasteiger partial charge in [-0.2, -0.15) is 5.10 Å². The lowest BCUT2D eigenvalue weighted by molar-refractivity contribution is -0.114. The Morgan fingerprint density at radius 3 is 2.63 bits per heavy atom. The first-order valence-electron chi connectivity index (χ1n) is 12.6. The van der Waals surface area contributed by atoms with Gasteiger partial charge in [-0.3, -0.25) is 14.6 Å². The fourth-order valence-corrected chi connectivity index (χ4v) is 6.17. The van der Waals surface area contributed by atoms with Crippen molar-refractivity contribution in [1.29, 1.82) is 0 Å². The largest absolute Gasteiger partial charge is 0.336 e. The number of carbonyl (C=O) groups excluding carboxylic acids is 2. The highest BCUT2D eigenvalue weighted by atomic mass is 32.1. The van der Waals surface area contributed by atoms with Gasteiger partial charge in [-0.25, -0.2) is 9.67 Å². The van der Waals surface area contributed by atoms with Crippen molar-refractivity contribution in [2.24, 2.45) is 0 Å². The average Bonchev–Trinajstić information content (AvgIpc) is 3.50. The van der Waals surface area contributed by atoms with Crippen molar-refractivity contribution < 1.29 is 9.59 Å². The van der Waals surface area contributed by atoms with Crippen molar-refractivity contribution in [2.45, 2.75) is 19.8 Å². The van der Waals surface area contributed by atoms with Crippen LogP contribution in [0.25, 0.3) is 27.5 Å². The van der Waals surface area contributed by atoms with E-state index in [0.717, 1.165) is 59.0 Å². The van der Waals surface area contributed by atoms with Gasteiger partial charge >= 0.3 is 0 Å². The van der Waals surface area contributed by atoms with Gasteiger partial charge in [-0.1, -0.05) is 22.9 Å². The van der Waals surface area contributed by atoms with Crippen molar-refractivity contribution in [2.75, 3.05) is 38.5 Å². The number of aryl methyl sites for hydroxylation is 1. The Bertz CT molecular complexity index is 1540. The van der Waals surface area contributed by atoms with Crippen LogP contribution in [0.3, 0.4) is 0 Å². The number of hydrogen-bond donors (Lipinski definition) is 1. The Balaban J connectivity index is 1.44. The summed E-state index contributed by atoms with van der Waals surface area (Å²) in [4.78, 5) is 38.9. The van der Waals surface area contributed by atoms with Gasteiger partial charge in [-0.15, -0.1) is 0 Å². The van der Waals surface area contributed by atoms with Crippen LogP contribution in [0.15, 0.2) is 42.7 Å². The van der Waals surface area contributed by atoms with Crippen LogP contribution in [0, 0.1) is 0 Å². The number of nitrogens with one attached hydrogen (secondary N) is 1. The van der Waals surface area contributed by atoms with E-state index in [2.05, 4.69) is 27.2 Å². The van der Waals surface area contributed by atoms with E-state index in [-0.39, 0.29) is 11.8 Å². The molecule has 4 aromatic rings. The topological polar surface area (TPSA) is 96.3 Å². The number of carbonyl (C=O) groups is 2. The van der Waals surface area contributed by atoms with E-state index < -0.39 is 0 Å². The zero-order chi connectivity index (χ0) is 26.4. The van der Waals surface area contributed by atoms with Crippen LogP contribution in [0.4, 0.5) is 5.13 Å². The Hall–Kier alpha value is -3.83. The van der Waals surface area contributed by atoms with Crippen molar-refractivity contribution in [3.63, 3.8) is 0 Å². The number of pyridine rings is 1. The molecule has 1 aromatic carbocycles. The first kappa shape index (κ1) is 24.5. The lowest BCUT2D eigenvalue weighted by Crippen LogP contribution is -2.47. The standard InChI is InChI=1S/C27H26BN7O2S/c1-16(36)30-27-31-21-7-6-19-23(18-4-3-9-29-15-18)32-35(24(19)25(21)38-27)22-8-5-17(14-20(22)28)26(37)34-12-10-33(2)11-13-34/h3-5,8-9,14-15H,6-7,10-13H2,1-2H3,(H,30,31,36). The molecule has 3 aromatic heterocycles. The maximum absolute atomic E-state index is 13.2. The molecule has 9 nitrogen and oxygen atoms in total. The smallest absolute Gasteiger partial charge is 0.253 e. The molecule has 11 heteroatoms. The summed E-state index contributed by atoms with van der Waals surface area (Å²) < 4.78 is 1.85. The number of likely N-dealkylation sites (N-methyl/N-ethyl adjacent to an activating group) is 1. The molecule has 2 amide bonds. The molecule has 1 saturated heterocycles. The Labute approximate surface area is 225 Å². The SMILES string of the molecule is [B]c1cc(C(=O)N2CCN(C)CC2)ccc1-n1nc(-c2cccnc2)c2c1-c1sc(NC(C)=O)nc1CC2. The molecule has 0 unspecified atom stereocenters. The molecule has 2 aliphatic rings. The highest BCUT2D eigenvalue weighted by Crippen LogP contribution is 2.43. The summed E-state index contributed by atoms with van der Waals surface area (Å²) in [5.74, 6) is -0.176. The number of amides is 2. The summed E-state index contributed by atoms with van der Waals surface area (Å²) in [6.45, 7) is 4.58. The van der Waals surface area contributed by atoms with Crippen LogP contribution in [-0.2, 0) is 17.6 Å². The summed E-state index contributed by atoms with van der Waals surface area (Å²) in [7, 11) is 8.66. The predicted octanol–water partition coefficient (Wildman–Crippen LogP) is 2.30. The quantitative estimate of drug-likeness (QED) is 0.413. The second-order valence-corrected chi connectivity index (χ2v) is 10.7. The lowest BCUT2D eigenvalue weighted by atomic mass is 9.91. The Kier molecular flexibility index (Phi) is 6.33. The van der Waals surface area contributed by atoms with E-state index in [1.165, 1.54) is 18.3 Å². The summed E-state index contributed by atoms with van der Waals surface area (Å²) in [6, 6.07) is 9.31. The number of piperazine rings is 1. The molecule has 4 heterocycles. The summed E-state index contributed by atoms with van der Waals surface area (Å²) in [5.41, 5.74) is 6.38. The van der Waals surface area contributed by atoms with E-state index in [0.29, 0.717) is 34.9 Å². The molecule has 1 N–H and O–H groups in total. The van der Waals surface area contributed by atoms with E-state index in [9.17, 15) is 9.59 Å². The number of anilines is 1. The second kappa shape index (κ2) is 9.81. The molecule has 2 radical (unpaired) electrons. The molecule has 38 heavy (non-hydrogen) atoms. The molecule has 6 rings (SSSR count). The van der Waals surface area contributed by atoms with Crippen molar-refractivity contribution in [3.05, 3.63) is 59.5 Å². The van der Waals surface area contributed by atoms with Crippen molar-refractivity contribution in [1.82, 2.24) is 29.5 Å². The number of nitrogens with zero attached hydrogens (tertiary/aromatic N) is 6. The zero-order valence-electron chi connectivity index (χ0n) is 21.3. The number of benzene rings is 1. The van der Waals surface area contributed by atoms with Crippen LogP contribution < -0.4 is 10.8 Å². The maximum Gasteiger partial charge on any atom is 0.253 e. The molecule has 0 saturated carbocycles. The number of aromatic nitrogens is 4. The molecule has 1 fully saturated rings. The second-order valence-electron chi connectivity index (χ2n) is 9.67. The van der Waals surface area contributed by atoms with Crippen LogP contribution in [0.5, 0.6) is 0 Å². The van der Waals surface area contributed by atoms with Crippen LogP contribution >= 0.6 is 11.3 Å². The van der Waals surface area contributed by atoms with Gasteiger partial charge in [0.15, 0.2) is 5.13 Å². The predicted molar refractivity (Wildman–Crippen MR) is 148 cm³/mol. The van der Waals surface area contributed by atoms with E-state index >= 15 is 0 Å². The Morgan fingerprint density at radius 1 is 1.11 bits per heavy atom. The van der Waals surface area contributed by atoms with Crippen LogP contribution in [0.2, 0.25) is 0 Å². The summed E-state index contributed by atoms with van der Waals surface area (Å²) in [6.07, 6.45) is 5.03. The van der Waals surface area contributed by atoms with Crippen LogP contribution in [-0.4, -0.2) is 82.4 Å². The highest BCUT2D eigenvalue weighted by molar-refractivity contribution is 7.19. The minimum atomic E-state index is -0.161. The normalized spacial score (nSPS) is 15.2. The van der Waals surface area contributed by atoms with E-state index in [4.69, 9.17) is 12.9 Å². The molecule has 1 aliphatic carbocycles. The van der Waals surface area contributed by atoms with Crippen molar-refractivity contribution >= 4 is 41.6 Å². The third-order valence-corrected chi connectivity index (χ3v) is 8.04. The minimum absolute atomic E-state index is 0.0143. The van der Waals surface area contributed by atoms with Gasteiger partial charge in [0.2, 0.25) is 5.91 Å². The third-order valence-electron chi connectivity index (χ3n) is 7.02. The molecular weight excluding hydrogens is 497 g/mol. The number of thiazole rings is 1. The van der Waals surface area contributed by atoms with Gasteiger partial charge in [0.25, 0.3) is 5.91 Å². The first-order chi connectivity index (χ1) is 18.4. The van der Waals surface area contributed by atoms with Gasteiger partial charge in [-0.05, 0) is 44.2 Å². The lowest BCUT2D eigenvalue weighted by Gasteiger charge is -2.32. The highest BCUT2D eigenvalue weighted by Gasteiger charge is 2.30. The average molecular weight is 523 g/mol. The number of rotatable bonds is 4. The van der Waals surface area contributed by atoms with Gasteiger partial charge in [0.1, 0.15) is 7.85 Å². The van der Waals surface area contributed by atoms with Crippen molar-refractivity contribution in [3.8, 4) is 27.5 Å². The first-order valence-corrected chi connectivity index (χ1v) is 13.4. The summed E-state index contributed by atoms with van der Waals surface area (Å²) >= 11 is 1.43.